The first-order valence-corrected chi connectivity index (χ1v) is 2.97. The first-order chi connectivity index (χ1) is 3.31. The van der Waals surface area contributed by atoms with E-state index in [0.717, 1.165) is 5.75 Å². The molecule has 1 atom stereocenters. The van der Waals surface area contributed by atoms with Gasteiger partial charge in [0.15, 0.2) is 0 Å². The second-order valence-corrected chi connectivity index (χ2v) is 1.93. The minimum atomic E-state index is 0.522. The Morgan fingerprint density at radius 1 is 1.86 bits per heavy atom. The van der Waals surface area contributed by atoms with Crippen LogP contribution in [0.2, 0.25) is 0 Å². The van der Waals surface area contributed by atoms with Gasteiger partial charge in [0.05, 0.1) is 0 Å². The first-order valence-electron chi connectivity index (χ1n) is 2.34. The van der Waals surface area contributed by atoms with Gasteiger partial charge in [-0.1, -0.05) is 6.92 Å². The summed E-state index contributed by atoms with van der Waals surface area (Å²) in [6, 6.07) is 0. The van der Waals surface area contributed by atoms with E-state index >= 15 is 0 Å². The monoisotopic (exact) mass is 117 g/mol. The lowest BCUT2D eigenvalue weighted by Gasteiger charge is -1.93. The average molecular weight is 117 g/mol. The first kappa shape index (κ1) is 7.02. The summed E-state index contributed by atoms with van der Waals surface area (Å²) in [5.41, 5.74) is 0. The Morgan fingerprint density at radius 3 is 2.57 bits per heavy atom. The molecule has 42 valence electrons. The molecule has 0 spiro atoms. The van der Waals surface area contributed by atoms with Crippen LogP contribution in [0.25, 0.3) is 0 Å². The number of hydrogen-bond acceptors (Lipinski definition) is 2. The molecule has 0 radical (unpaired) electrons. The van der Waals surface area contributed by atoms with Crippen molar-refractivity contribution in [3.8, 4) is 0 Å². The van der Waals surface area contributed by atoms with E-state index in [1.807, 2.05) is 6.21 Å². The zero-order chi connectivity index (χ0) is 5.70. The van der Waals surface area contributed by atoms with E-state index in [4.69, 9.17) is 0 Å². The molecule has 0 heterocycles. The van der Waals surface area contributed by atoms with Crippen LogP contribution in [0, 0.1) is 5.92 Å². The second-order valence-electron chi connectivity index (χ2n) is 1.57. The highest BCUT2D eigenvalue weighted by Gasteiger charge is 1.88. The Kier molecular flexibility index (Phi) is 4.20. The van der Waals surface area contributed by atoms with Crippen LogP contribution < -0.4 is 0 Å². The highest BCUT2D eigenvalue weighted by atomic mass is 32.1. The number of nitrogens with zero attached hydrogens (tertiary/aromatic N) is 1. The minimum Gasteiger partial charge on any atom is -0.301 e. The van der Waals surface area contributed by atoms with Gasteiger partial charge in [-0.15, -0.1) is 0 Å². The van der Waals surface area contributed by atoms with Gasteiger partial charge in [0.2, 0.25) is 0 Å². The van der Waals surface area contributed by atoms with Crippen LogP contribution in [0.3, 0.4) is 0 Å². The van der Waals surface area contributed by atoms with Gasteiger partial charge in [-0.2, -0.15) is 12.6 Å². The molecule has 0 aliphatic heterocycles. The van der Waals surface area contributed by atoms with Crippen LogP contribution in [-0.2, 0) is 0 Å². The molecular formula is C5H11NS. The number of hydrogen-bond donors (Lipinski definition) is 1. The van der Waals surface area contributed by atoms with Crippen LogP contribution in [0.15, 0.2) is 4.99 Å². The Labute approximate surface area is 50.2 Å². The summed E-state index contributed by atoms with van der Waals surface area (Å²) in [5.74, 6) is 1.41. The quantitative estimate of drug-likeness (QED) is 0.413. The Balaban J connectivity index is 3.16. The van der Waals surface area contributed by atoms with Crippen molar-refractivity contribution in [2.24, 2.45) is 10.9 Å². The van der Waals surface area contributed by atoms with Crippen molar-refractivity contribution < 1.29 is 0 Å². The van der Waals surface area contributed by atoms with Gasteiger partial charge in [-0.25, -0.2) is 0 Å². The van der Waals surface area contributed by atoms with Crippen molar-refractivity contribution in [2.75, 3.05) is 12.8 Å². The molecule has 7 heavy (non-hydrogen) atoms. The van der Waals surface area contributed by atoms with Crippen LogP contribution in [0.4, 0.5) is 0 Å². The summed E-state index contributed by atoms with van der Waals surface area (Å²) >= 11 is 4.06. The fourth-order valence-corrected chi connectivity index (χ4v) is 0.396. The maximum Gasteiger partial charge on any atom is 0.0273 e. The molecule has 0 aliphatic rings. The van der Waals surface area contributed by atoms with Crippen molar-refractivity contribution >= 4 is 18.8 Å². The number of thiol groups is 1. The molecule has 2 heteroatoms. The molecule has 0 rings (SSSR count). The largest absolute Gasteiger partial charge is 0.301 e. The van der Waals surface area contributed by atoms with Crippen molar-refractivity contribution in [3.63, 3.8) is 0 Å². The minimum absolute atomic E-state index is 0.522. The molecule has 0 N–H and O–H groups in total. The van der Waals surface area contributed by atoms with Gasteiger partial charge >= 0.3 is 0 Å². The van der Waals surface area contributed by atoms with E-state index < -0.39 is 0 Å². The van der Waals surface area contributed by atoms with E-state index in [-0.39, 0.29) is 0 Å². The van der Waals surface area contributed by atoms with Crippen LogP contribution in [0.5, 0.6) is 0 Å². The summed E-state index contributed by atoms with van der Waals surface area (Å²) in [4.78, 5) is 3.83. The Morgan fingerprint density at radius 2 is 2.43 bits per heavy atom. The summed E-state index contributed by atoms with van der Waals surface area (Å²) in [6.07, 6.45) is 1.90. The highest BCUT2D eigenvalue weighted by molar-refractivity contribution is 7.80. The van der Waals surface area contributed by atoms with Crippen LogP contribution in [-0.4, -0.2) is 19.0 Å². The molecule has 0 aromatic heterocycles. The average Bonchev–Trinajstić information content (AvgIpc) is 1.68. The normalized spacial score (nSPS) is 15.3. The molecule has 0 aromatic carbocycles. The van der Waals surface area contributed by atoms with E-state index in [2.05, 4.69) is 24.5 Å². The summed E-state index contributed by atoms with van der Waals surface area (Å²) < 4.78 is 0. The summed E-state index contributed by atoms with van der Waals surface area (Å²) in [5, 5.41) is 0. The van der Waals surface area contributed by atoms with Crippen LogP contribution in [0.1, 0.15) is 6.92 Å². The van der Waals surface area contributed by atoms with Crippen molar-refractivity contribution in [2.45, 2.75) is 6.92 Å². The zero-order valence-corrected chi connectivity index (χ0v) is 5.65. The third kappa shape index (κ3) is 3.86. The molecule has 0 saturated heterocycles. The fraction of sp³-hybridized carbons (Fsp3) is 0.800. The van der Waals surface area contributed by atoms with Gasteiger partial charge in [0.1, 0.15) is 0 Å². The SMILES string of the molecule is CN=CC(C)CS. The molecule has 1 nitrogen and oxygen atoms in total. The lowest BCUT2D eigenvalue weighted by atomic mass is 10.2. The molecule has 0 fully saturated rings. The molecule has 0 amide bonds. The zero-order valence-electron chi connectivity index (χ0n) is 4.76. The Bertz CT molecular complexity index is 61.1. The molecule has 0 saturated carbocycles. The smallest absolute Gasteiger partial charge is 0.0273 e. The van der Waals surface area contributed by atoms with Gasteiger partial charge < -0.3 is 4.99 Å². The lowest BCUT2D eigenvalue weighted by molar-refractivity contribution is 0.924. The number of aliphatic imine (C=N–C) groups is 1. The lowest BCUT2D eigenvalue weighted by Crippen LogP contribution is -1.95. The molecule has 0 bridgehead atoms. The van der Waals surface area contributed by atoms with Crippen molar-refractivity contribution in [1.29, 1.82) is 0 Å². The highest BCUT2D eigenvalue weighted by Crippen LogP contribution is 1.90. The van der Waals surface area contributed by atoms with Gasteiger partial charge in [0, 0.05) is 13.3 Å². The van der Waals surface area contributed by atoms with E-state index in [0.29, 0.717) is 5.92 Å². The maximum absolute atomic E-state index is 4.06. The second kappa shape index (κ2) is 4.19. The standard InChI is InChI=1S/C5H11NS/c1-5(4-7)3-6-2/h3,5,7H,4H2,1-2H3. The third-order valence-electron chi connectivity index (χ3n) is 0.692. The number of rotatable bonds is 2. The molecular weight excluding hydrogens is 106 g/mol. The molecule has 0 aliphatic carbocycles. The van der Waals surface area contributed by atoms with Crippen molar-refractivity contribution in [3.05, 3.63) is 0 Å². The van der Waals surface area contributed by atoms with Gasteiger partial charge in [-0.3, -0.25) is 0 Å². The topological polar surface area (TPSA) is 12.4 Å². The van der Waals surface area contributed by atoms with Gasteiger partial charge in [-0.05, 0) is 11.7 Å². The fourth-order valence-electron chi connectivity index (χ4n) is 0.302. The van der Waals surface area contributed by atoms with E-state index in [1.165, 1.54) is 0 Å². The van der Waals surface area contributed by atoms with Crippen LogP contribution >= 0.6 is 12.6 Å². The molecule has 0 aromatic rings. The predicted molar refractivity (Wildman–Crippen MR) is 37.4 cm³/mol. The van der Waals surface area contributed by atoms with E-state index in [1.54, 1.807) is 7.05 Å². The summed E-state index contributed by atoms with van der Waals surface area (Å²) in [7, 11) is 1.78. The molecule has 1 unspecified atom stereocenters. The van der Waals surface area contributed by atoms with Gasteiger partial charge in [0.25, 0.3) is 0 Å². The predicted octanol–water partition coefficient (Wildman–Crippen LogP) is 1.25. The summed E-state index contributed by atoms with van der Waals surface area (Å²) in [6.45, 7) is 2.08. The Hall–Kier alpha value is 0.0200. The third-order valence-corrected chi connectivity index (χ3v) is 1.27. The van der Waals surface area contributed by atoms with E-state index in [9.17, 15) is 0 Å². The maximum atomic E-state index is 4.06. The van der Waals surface area contributed by atoms with Crippen molar-refractivity contribution in [1.82, 2.24) is 0 Å².